The van der Waals surface area contributed by atoms with E-state index in [1.807, 2.05) is 12.1 Å². The third-order valence-corrected chi connectivity index (χ3v) is 3.04. The topological polar surface area (TPSA) is 49.8 Å². The molecular weight excluding hydrogens is 172 g/mol. The van der Waals surface area contributed by atoms with E-state index in [0.717, 1.165) is 36.1 Å². The number of hydrogen-bond acceptors (Lipinski definition) is 2. The second-order valence-electron chi connectivity index (χ2n) is 3.96. The van der Waals surface area contributed by atoms with Gasteiger partial charge in [-0.15, -0.1) is 0 Å². The van der Waals surface area contributed by atoms with Crippen LogP contribution in [-0.4, -0.2) is 0 Å². The van der Waals surface area contributed by atoms with Gasteiger partial charge in [-0.25, -0.2) is 0 Å². The van der Waals surface area contributed by atoms with Crippen molar-refractivity contribution in [3.05, 3.63) is 29.3 Å². The van der Waals surface area contributed by atoms with Gasteiger partial charge < -0.3 is 5.73 Å². The zero-order valence-electron chi connectivity index (χ0n) is 8.38. The number of nitrogens with two attached hydrogens (primary N) is 1. The number of aryl methyl sites for hydroxylation is 1. The van der Waals surface area contributed by atoms with Crippen LogP contribution in [0, 0.1) is 11.3 Å². The van der Waals surface area contributed by atoms with E-state index in [1.54, 1.807) is 0 Å². The molecule has 0 aromatic heterocycles. The maximum Gasteiger partial charge on any atom is 0.0823 e. The molecular formula is C12H14N2. The van der Waals surface area contributed by atoms with Gasteiger partial charge in [0.1, 0.15) is 0 Å². The Morgan fingerprint density at radius 3 is 2.71 bits per heavy atom. The minimum atomic E-state index is -0.183. The zero-order valence-corrected chi connectivity index (χ0v) is 8.38. The molecule has 0 atom stereocenters. The highest BCUT2D eigenvalue weighted by Gasteiger charge is 2.44. The summed E-state index contributed by atoms with van der Waals surface area (Å²) in [5, 5.41) is 9.06. The van der Waals surface area contributed by atoms with Gasteiger partial charge in [-0.05, 0) is 36.5 Å². The van der Waals surface area contributed by atoms with Crippen molar-refractivity contribution >= 4 is 5.69 Å². The fraction of sp³-hybridized carbons (Fsp3) is 0.417. The van der Waals surface area contributed by atoms with Crippen LogP contribution in [0.25, 0.3) is 0 Å². The number of rotatable bonds is 2. The standard InChI is InChI=1S/C12H14N2/c1-2-9-7-10(3-4-11(9)14)12(8-13)5-6-12/h3-4,7H,2,5-6,14H2,1H3. The van der Waals surface area contributed by atoms with Gasteiger partial charge in [-0.3, -0.25) is 0 Å². The average molecular weight is 186 g/mol. The van der Waals surface area contributed by atoms with Crippen molar-refractivity contribution in [3.8, 4) is 6.07 Å². The van der Waals surface area contributed by atoms with Gasteiger partial charge in [-0.2, -0.15) is 5.26 Å². The predicted octanol–water partition coefficient (Wildman–Crippen LogP) is 2.39. The number of nitrogen functional groups attached to an aromatic ring is 1. The van der Waals surface area contributed by atoms with Crippen LogP contribution in [0.2, 0.25) is 0 Å². The summed E-state index contributed by atoms with van der Waals surface area (Å²) in [5.74, 6) is 0. The molecule has 1 saturated carbocycles. The highest BCUT2D eigenvalue weighted by molar-refractivity contribution is 5.52. The summed E-state index contributed by atoms with van der Waals surface area (Å²) in [5.41, 5.74) is 8.78. The lowest BCUT2D eigenvalue weighted by molar-refractivity contribution is 0.903. The first-order chi connectivity index (χ1) is 6.72. The molecule has 0 spiro atoms. The molecule has 1 aliphatic carbocycles. The van der Waals surface area contributed by atoms with E-state index in [4.69, 9.17) is 11.0 Å². The van der Waals surface area contributed by atoms with Gasteiger partial charge in [0.05, 0.1) is 11.5 Å². The third kappa shape index (κ3) is 1.26. The monoisotopic (exact) mass is 186 g/mol. The molecule has 0 bridgehead atoms. The van der Waals surface area contributed by atoms with E-state index in [-0.39, 0.29) is 5.41 Å². The van der Waals surface area contributed by atoms with Crippen molar-refractivity contribution in [2.24, 2.45) is 0 Å². The molecule has 0 amide bonds. The van der Waals surface area contributed by atoms with Gasteiger partial charge in [0.15, 0.2) is 0 Å². The smallest absolute Gasteiger partial charge is 0.0823 e. The van der Waals surface area contributed by atoms with Crippen molar-refractivity contribution in [1.82, 2.24) is 0 Å². The third-order valence-electron chi connectivity index (χ3n) is 3.04. The van der Waals surface area contributed by atoms with Crippen LogP contribution < -0.4 is 5.73 Å². The molecule has 72 valence electrons. The molecule has 1 aliphatic rings. The van der Waals surface area contributed by atoms with Gasteiger partial charge in [-0.1, -0.05) is 19.1 Å². The molecule has 0 aliphatic heterocycles. The second kappa shape index (κ2) is 3.02. The van der Waals surface area contributed by atoms with Crippen molar-refractivity contribution < 1.29 is 0 Å². The normalized spacial score (nSPS) is 17.4. The lowest BCUT2D eigenvalue weighted by Gasteiger charge is -2.09. The molecule has 2 heteroatoms. The Morgan fingerprint density at radius 2 is 2.21 bits per heavy atom. The van der Waals surface area contributed by atoms with Gasteiger partial charge in [0.25, 0.3) is 0 Å². The van der Waals surface area contributed by atoms with Crippen LogP contribution >= 0.6 is 0 Å². The van der Waals surface area contributed by atoms with Crippen LogP contribution in [0.5, 0.6) is 0 Å². The van der Waals surface area contributed by atoms with Crippen molar-refractivity contribution in [2.75, 3.05) is 5.73 Å². The molecule has 0 radical (unpaired) electrons. The Kier molecular flexibility index (Phi) is 1.96. The van der Waals surface area contributed by atoms with Crippen molar-refractivity contribution in [2.45, 2.75) is 31.6 Å². The first-order valence-corrected chi connectivity index (χ1v) is 5.02. The summed E-state index contributed by atoms with van der Waals surface area (Å²) in [4.78, 5) is 0. The molecule has 2 nitrogen and oxygen atoms in total. The quantitative estimate of drug-likeness (QED) is 0.721. The summed E-state index contributed by atoms with van der Waals surface area (Å²) in [7, 11) is 0. The number of nitriles is 1. The lowest BCUT2D eigenvalue weighted by Crippen LogP contribution is -2.04. The fourth-order valence-corrected chi connectivity index (χ4v) is 1.80. The Hall–Kier alpha value is -1.49. The van der Waals surface area contributed by atoms with Crippen molar-refractivity contribution in [1.29, 1.82) is 5.26 Å². The minimum Gasteiger partial charge on any atom is -0.399 e. The molecule has 1 aromatic carbocycles. The number of hydrogen-bond donors (Lipinski definition) is 1. The van der Waals surface area contributed by atoms with E-state index in [0.29, 0.717) is 0 Å². The number of anilines is 1. The highest BCUT2D eigenvalue weighted by atomic mass is 14.6. The summed E-state index contributed by atoms with van der Waals surface area (Å²) in [6, 6.07) is 8.40. The Bertz CT molecular complexity index is 397. The molecule has 2 rings (SSSR count). The molecule has 0 saturated heterocycles. The number of benzene rings is 1. The maximum atomic E-state index is 9.06. The molecule has 0 unspecified atom stereocenters. The van der Waals surface area contributed by atoms with E-state index in [2.05, 4.69) is 19.1 Å². The highest BCUT2D eigenvalue weighted by Crippen LogP contribution is 2.47. The summed E-state index contributed by atoms with van der Waals surface area (Å²) < 4.78 is 0. The zero-order chi connectivity index (χ0) is 10.2. The average Bonchev–Trinajstić information content (AvgIpc) is 2.99. The van der Waals surface area contributed by atoms with Crippen LogP contribution in [0.4, 0.5) is 5.69 Å². The molecule has 1 aromatic rings. The number of nitrogens with zero attached hydrogens (tertiary/aromatic N) is 1. The first-order valence-electron chi connectivity index (χ1n) is 5.02. The second-order valence-corrected chi connectivity index (χ2v) is 3.96. The van der Waals surface area contributed by atoms with Gasteiger partial charge in [0.2, 0.25) is 0 Å². The predicted molar refractivity (Wildman–Crippen MR) is 56.8 cm³/mol. The Balaban J connectivity index is 2.42. The van der Waals surface area contributed by atoms with Crippen LogP contribution in [-0.2, 0) is 11.8 Å². The SMILES string of the molecule is CCc1cc(C2(C#N)CC2)ccc1N. The first kappa shape index (κ1) is 9.08. The van der Waals surface area contributed by atoms with Crippen LogP contribution in [0.3, 0.4) is 0 Å². The molecule has 14 heavy (non-hydrogen) atoms. The Morgan fingerprint density at radius 1 is 1.50 bits per heavy atom. The van der Waals surface area contributed by atoms with Crippen molar-refractivity contribution in [3.63, 3.8) is 0 Å². The fourth-order valence-electron chi connectivity index (χ4n) is 1.80. The molecule has 0 heterocycles. The minimum absolute atomic E-state index is 0.183. The largest absolute Gasteiger partial charge is 0.399 e. The van der Waals surface area contributed by atoms with Crippen LogP contribution in [0.1, 0.15) is 30.9 Å². The van der Waals surface area contributed by atoms with E-state index in [9.17, 15) is 0 Å². The summed E-state index contributed by atoms with van der Waals surface area (Å²) in [6.07, 6.45) is 2.92. The Labute approximate surface area is 84.3 Å². The van der Waals surface area contributed by atoms with Gasteiger partial charge in [0, 0.05) is 5.69 Å². The summed E-state index contributed by atoms with van der Waals surface area (Å²) in [6.45, 7) is 2.08. The summed E-state index contributed by atoms with van der Waals surface area (Å²) >= 11 is 0. The molecule has 1 fully saturated rings. The van der Waals surface area contributed by atoms with Gasteiger partial charge >= 0.3 is 0 Å². The van der Waals surface area contributed by atoms with Crippen LogP contribution in [0.15, 0.2) is 18.2 Å². The lowest BCUT2D eigenvalue weighted by atomic mass is 9.94. The van der Waals surface area contributed by atoms with E-state index in [1.165, 1.54) is 0 Å². The maximum absolute atomic E-state index is 9.06. The van der Waals surface area contributed by atoms with E-state index >= 15 is 0 Å². The van der Waals surface area contributed by atoms with E-state index < -0.39 is 0 Å². The molecule has 2 N–H and O–H groups in total.